The van der Waals surface area contributed by atoms with Crippen molar-refractivity contribution in [1.82, 2.24) is 10.2 Å². The Labute approximate surface area is 220 Å². The van der Waals surface area contributed by atoms with Crippen LogP contribution in [0, 0.1) is 6.92 Å². The Morgan fingerprint density at radius 2 is 1.43 bits per heavy atom. The van der Waals surface area contributed by atoms with E-state index in [1.165, 1.54) is 4.31 Å². The SMILES string of the molecule is CNC(=O)C(Cc1ccccc1)N(Cc1ccccc1)C(=O)CCCN(c1ccc(C)cc1)S(C)(=O)=O. The highest BCUT2D eigenvalue weighted by Crippen LogP contribution is 2.20. The Balaban J connectivity index is 1.81. The van der Waals surface area contributed by atoms with Gasteiger partial charge in [-0.25, -0.2) is 8.42 Å². The molecule has 0 fully saturated rings. The number of nitrogens with one attached hydrogen (secondary N) is 1. The predicted octanol–water partition coefficient (Wildman–Crippen LogP) is 3.93. The Bertz CT molecular complexity index is 1260. The van der Waals surface area contributed by atoms with Crippen molar-refractivity contribution in [2.75, 3.05) is 24.2 Å². The van der Waals surface area contributed by atoms with Gasteiger partial charge in [0.2, 0.25) is 21.8 Å². The van der Waals surface area contributed by atoms with E-state index >= 15 is 0 Å². The summed E-state index contributed by atoms with van der Waals surface area (Å²) in [4.78, 5) is 28.2. The first kappa shape index (κ1) is 27.9. The number of hydrogen-bond donors (Lipinski definition) is 1. The number of hydrogen-bond acceptors (Lipinski definition) is 4. The van der Waals surface area contributed by atoms with Gasteiger partial charge < -0.3 is 10.2 Å². The first-order valence-corrected chi connectivity index (χ1v) is 14.2. The van der Waals surface area contributed by atoms with Crippen molar-refractivity contribution in [3.8, 4) is 0 Å². The van der Waals surface area contributed by atoms with Gasteiger partial charge >= 0.3 is 0 Å². The topological polar surface area (TPSA) is 86.8 Å². The average Bonchev–Trinajstić information content (AvgIpc) is 2.89. The van der Waals surface area contributed by atoms with E-state index in [4.69, 9.17) is 0 Å². The third-order valence-electron chi connectivity index (χ3n) is 6.19. The molecule has 0 saturated heterocycles. The molecule has 0 aliphatic heterocycles. The Kier molecular flexibility index (Phi) is 9.85. The lowest BCUT2D eigenvalue weighted by Gasteiger charge is -2.31. The second kappa shape index (κ2) is 13.1. The molecule has 0 aliphatic carbocycles. The fraction of sp³-hybridized carbons (Fsp3) is 0.310. The summed E-state index contributed by atoms with van der Waals surface area (Å²) >= 11 is 0. The molecular weight excluding hydrogens is 486 g/mol. The van der Waals surface area contributed by atoms with E-state index in [2.05, 4.69) is 5.32 Å². The Hall–Kier alpha value is -3.65. The maximum atomic E-state index is 13.6. The van der Waals surface area contributed by atoms with Gasteiger partial charge in [-0.05, 0) is 36.6 Å². The highest BCUT2D eigenvalue weighted by atomic mass is 32.2. The van der Waals surface area contributed by atoms with Gasteiger partial charge in [0.15, 0.2) is 0 Å². The third-order valence-corrected chi connectivity index (χ3v) is 7.38. The summed E-state index contributed by atoms with van der Waals surface area (Å²) in [7, 11) is -1.96. The lowest BCUT2D eigenvalue weighted by atomic mass is 10.0. The highest BCUT2D eigenvalue weighted by molar-refractivity contribution is 7.92. The first-order valence-electron chi connectivity index (χ1n) is 12.3. The molecule has 0 aliphatic rings. The van der Waals surface area contributed by atoms with Crippen LogP contribution < -0.4 is 9.62 Å². The third kappa shape index (κ3) is 8.18. The molecule has 0 spiro atoms. The molecule has 1 N–H and O–H groups in total. The zero-order valence-corrected chi connectivity index (χ0v) is 22.4. The van der Waals surface area contributed by atoms with E-state index in [0.29, 0.717) is 18.5 Å². The summed E-state index contributed by atoms with van der Waals surface area (Å²) in [5.41, 5.74) is 3.46. The van der Waals surface area contributed by atoms with Gasteiger partial charge in [-0.3, -0.25) is 13.9 Å². The van der Waals surface area contributed by atoms with E-state index in [9.17, 15) is 18.0 Å². The number of amides is 2. The summed E-state index contributed by atoms with van der Waals surface area (Å²) in [6.45, 7) is 2.38. The van der Waals surface area contributed by atoms with E-state index < -0.39 is 16.1 Å². The van der Waals surface area contributed by atoms with Crippen molar-refractivity contribution >= 4 is 27.5 Å². The smallest absolute Gasteiger partial charge is 0.242 e. The molecule has 0 bridgehead atoms. The Morgan fingerprint density at radius 3 is 1.97 bits per heavy atom. The van der Waals surface area contributed by atoms with Gasteiger partial charge in [-0.2, -0.15) is 0 Å². The van der Waals surface area contributed by atoms with Crippen LogP contribution >= 0.6 is 0 Å². The molecule has 2 amide bonds. The standard InChI is InChI=1S/C29H35N3O4S/c1-23-16-18-26(19-17-23)32(37(3,35)36)20-10-15-28(33)31(22-25-13-8-5-9-14-25)27(29(34)30-2)21-24-11-6-4-7-12-24/h4-9,11-14,16-19,27H,10,15,20-22H2,1-3H3,(H,30,34). The number of benzene rings is 3. The number of sulfonamides is 1. The zero-order valence-electron chi connectivity index (χ0n) is 21.6. The minimum Gasteiger partial charge on any atom is -0.357 e. The second-order valence-corrected chi connectivity index (χ2v) is 11.0. The minimum absolute atomic E-state index is 0.104. The molecule has 0 saturated carbocycles. The van der Waals surface area contributed by atoms with Gasteiger partial charge in [0.05, 0.1) is 11.9 Å². The largest absolute Gasteiger partial charge is 0.357 e. The number of rotatable bonds is 12. The van der Waals surface area contributed by atoms with Crippen LogP contribution in [0.3, 0.4) is 0 Å². The predicted molar refractivity (Wildman–Crippen MR) is 148 cm³/mol. The lowest BCUT2D eigenvalue weighted by molar-refractivity contribution is -0.141. The van der Waals surface area contributed by atoms with Crippen molar-refractivity contribution in [1.29, 1.82) is 0 Å². The lowest BCUT2D eigenvalue weighted by Crippen LogP contribution is -2.49. The van der Waals surface area contributed by atoms with E-state index in [-0.39, 0.29) is 31.3 Å². The average molecular weight is 522 g/mol. The van der Waals surface area contributed by atoms with E-state index in [0.717, 1.165) is 22.9 Å². The molecule has 1 unspecified atom stereocenters. The molecule has 3 rings (SSSR count). The molecule has 7 nitrogen and oxygen atoms in total. The Morgan fingerprint density at radius 1 is 0.865 bits per heavy atom. The van der Waals surface area contributed by atoms with Crippen LogP contribution in [0.4, 0.5) is 5.69 Å². The molecule has 0 aromatic heterocycles. The van der Waals surface area contributed by atoms with Crippen molar-refractivity contribution < 1.29 is 18.0 Å². The fourth-order valence-corrected chi connectivity index (χ4v) is 5.18. The fourth-order valence-electron chi connectivity index (χ4n) is 4.22. The molecule has 3 aromatic rings. The van der Waals surface area contributed by atoms with Gasteiger partial charge in [0, 0.05) is 33.0 Å². The van der Waals surface area contributed by atoms with Crippen LogP contribution in [0.2, 0.25) is 0 Å². The second-order valence-electron chi connectivity index (χ2n) is 9.10. The van der Waals surface area contributed by atoms with E-state index in [1.807, 2.05) is 79.7 Å². The maximum Gasteiger partial charge on any atom is 0.242 e. The summed E-state index contributed by atoms with van der Waals surface area (Å²) in [6, 6.07) is 25.7. The zero-order chi connectivity index (χ0) is 26.8. The number of nitrogens with zero attached hydrogens (tertiary/aromatic N) is 2. The monoisotopic (exact) mass is 521 g/mol. The molecule has 0 radical (unpaired) electrons. The summed E-state index contributed by atoms with van der Waals surface area (Å²) < 4.78 is 26.3. The molecule has 3 aromatic carbocycles. The van der Waals surface area contributed by atoms with Gasteiger partial charge in [-0.1, -0.05) is 78.4 Å². The van der Waals surface area contributed by atoms with Gasteiger partial charge in [-0.15, -0.1) is 0 Å². The van der Waals surface area contributed by atoms with E-state index in [1.54, 1.807) is 24.1 Å². The minimum atomic E-state index is -3.53. The van der Waals surface area contributed by atoms with Gasteiger partial charge in [0.25, 0.3) is 0 Å². The van der Waals surface area contributed by atoms with Crippen molar-refractivity contribution in [3.05, 3.63) is 102 Å². The van der Waals surface area contributed by atoms with Crippen LogP contribution in [-0.2, 0) is 32.6 Å². The van der Waals surface area contributed by atoms with Crippen LogP contribution in [0.5, 0.6) is 0 Å². The molecule has 0 heterocycles. The van der Waals surface area contributed by atoms with Crippen molar-refractivity contribution in [2.45, 2.75) is 38.8 Å². The molecule has 37 heavy (non-hydrogen) atoms. The first-order chi connectivity index (χ1) is 17.7. The van der Waals surface area contributed by atoms with Crippen LogP contribution in [0.1, 0.15) is 29.5 Å². The highest BCUT2D eigenvalue weighted by Gasteiger charge is 2.30. The number of likely N-dealkylation sites (N-methyl/N-ethyl adjacent to an activating group) is 1. The number of carbonyl (C=O) groups excluding carboxylic acids is 2. The number of carbonyl (C=O) groups is 2. The van der Waals surface area contributed by atoms with Gasteiger partial charge in [0.1, 0.15) is 6.04 Å². The maximum absolute atomic E-state index is 13.6. The molecular formula is C29H35N3O4S. The summed E-state index contributed by atoms with van der Waals surface area (Å²) in [5, 5.41) is 2.71. The normalized spacial score (nSPS) is 12.0. The molecule has 196 valence electrons. The van der Waals surface area contributed by atoms with Crippen molar-refractivity contribution in [3.63, 3.8) is 0 Å². The van der Waals surface area contributed by atoms with Crippen LogP contribution in [-0.4, -0.2) is 51.0 Å². The van der Waals surface area contributed by atoms with Crippen LogP contribution in [0.25, 0.3) is 0 Å². The summed E-state index contributed by atoms with van der Waals surface area (Å²) in [5.74, 6) is -0.448. The number of aryl methyl sites for hydroxylation is 1. The summed E-state index contributed by atoms with van der Waals surface area (Å²) in [6.07, 6.45) is 1.96. The molecule has 1 atom stereocenters. The number of anilines is 1. The quantitative estimate of drug-likeness (QED) is 0.391. The van der Waals surface area contributed by atoms with Crippen molar-refractivity contribution in [2.24, 2.45) is 0 Å². The van der Waals surface area contributed by atoms with Crippen LogP contribution in [0.15, 0.2) is 84.9 Å². The molecule has 8 heteroatoms.